The Labute approximate surface area is 81.3 Å². The Kier molecular flexibility index (Phi) is 2.99. The molecule has 1 rings (SSSR count). The standard InChI is InChI=1S/C11H21NO/c1-5-11(2,3)10(13)12(4)9-7-6-8-9/h9H,5-8H2,1-4H3. The summed E-state index contributed by atoms with van der Waals surface area (Å²) in [5.41, 5.74) is -0.176. The average molecular weight is 183 g/mol. The van der Waals surface area contributed by atoms with Gasteiger partial charge in [-0.25, -0.2) is 0 Å². The molecule has 0 unspecified atom stereocenters. The summed E-state index contributed by atoms with van der Waals surface area (Å²) in [4.78, 5) is 13.9. The number of nitrogens with zero attached hydrogens (tertiary/aromatic N) is 1. The van der Waals surface area contributed by atoms with Crippen LogP contribution in [-0.4, -0.2) is 23.9 Å². The molecule has 2 nitrogen and oxygen atoms in total. The van der Waals surface area contributed by atoms with Gasteiger partial charge in [0.25, 0.3) is 0 Å². The highest BCUT2D eigenvalue weighted by Gasteiger charge is 2.33. The zero-order valence-corrected chi connectivity index (χ0v) is 9.26. The summed E-state index contributed by atoms with van der Waals surface area (Å²) < 4.78 is 0. The Balaban J connectivity index is 2.55. The maximum Gasteiger partial charge on any atom is 0.228 e. The summed E-state index contributed by atoms with van der Waals surface area (Å²) >= 11 is 0. The summed E-state index contributed by atoms with van der Waals surface area (Å²) in [5, 5.41) is 0. The second-order valence-electron chi connectivity index (χ2n) is 4.74. The fraction of sp³-hybridized carbons (Fsp3) is 0.909. The number of carbonyl (C=O) groups excluding carboxylic acids is 1. The Bertz CT molecular complexity index is 194. The van der Waals surface area contributed by atoms with Gasteiger partial charge in [0, 0.05) is 18.5 Å². The Morgan fingerprint density at radius 1 is 1.46 bits per heavy atom. The SMILES string of the molecule is CCC(C)(C)C(=O)N(C)C1CCC1. The van der Waals surface area contributed by atoms with E-state index in [2.05, 4.69) is 6.92 Å². The Morgan fingerprint density at radius 3 is 2.31 bits per heavy atom. The molecule has 1 fully saturated rings. The molecule has 1 saturated carbocycles. The highest BCUT2D eigenvalue weighted by atomic mass is 16.2. The molecule has 76 valence electrons. The van der Waals surface area contributed by atoms with Gasteiger partial charge in [-0.2, -0.15) is 0 Å². The molecule has 1 amide bonds. The summed E-state index contributed by atoms with van der Waals surface area (Å²) in [6, 6.07) is 0.526. The second kappa shape index (κ2) is 3.69. The van der Waals surface area contributed by atoms with Gasteiger partial charge in [0.15, 0.2) is 0 Å². The van der Waals surface area contributed by atoms with E-state index in [0.29, 0.717) is 11.9 Å². The minimum atomic E-state index is -0.176. The van der Waals surface area contributed by atoms with Crippen LogP contribution in [0.1, 0.15) is 46.5 Å². The molecule has 0 aromatic carbocycles. The third kappa shape index (κ3) is 2.04. The van der Waals surface area contributed by atoms with Crippen molar-refractivity contribution in [3.63, 3.8) is 0 Å². The minimum absolute atomic E-state index is 0.176. The molecule has 0 atom stereocenters. The topological polar surface area (TPSA) is 20.3 Å². The van der Waals surface area contributed by atoms with Gasteiger partial charge in [-0.3, -0.25) is 4.79 Å². The molecule has 2 heteroatoms. The molecular formula is C11H21NO. The highest BCUT2D eigenvalue weighted by Crippen LogP contribution is 2.29. The van der Waals surface area contributed by atoms with Gasteiger partial charge in [-0.15, -0.1) is 0 Å². The lowest BCUT2D eigenvalue weighted by molar-refractivity contribution is -0.142. The summed E-state index contributed by atoms with van der Waals surface area (Å²) in [6.07, 6.45) is 4.60. The highest BCUT2D eigenvalue weighted by molar-refractivity contribution is 5.82. The normalized spacial score (nSPS) is 18.2. The van der Waals surface area contributed by atoms with Crippen LogP contribution in [0.2, 0.25) is 0 Å². The molecule has 0 aliphatic heterocycles. The van der Waals surface area contributed by atoms with Crippen LogP contribution in [0, 0.1) is 5.41 Å². The molecule has 1 aliphatic rings. The van der Waals surface area contributed by atoms with Crippen LogP contribution >= 0.6 is 0 Å². The lowest BCUT2D eigenvalue weighted by atomic mass is 9.85. The number of rotatable bonds is 3. The third-order valence-electron chi connectivity index (χ3n) is 3.41. The Morgan fingerprint density at radius 2 is 2.00 bits per heavy atom. The fourth-order valence-corrected chi connectivity index (χ4v) is 1.57. The predicted octanol–water partition coefficient (Wildman–Crippen LogP) is 2.43. The summed E-state index contributed by atoms with van der Waals surface area (Å²) in [6.45, 7) is 6.14. The van der Waals surface area contributed by atoms with Gasteiger partial charge >= 0.3 is 0 Å². The van der Waals surface area contributed by atoms with Gasteiger partial charge in [0.2, 0.25) is 5.91 Å². The van der Waals surface area contributed by atoms with E-state index >= 15 is 0 Å². The lowest BCUT2D eigenvalue weighted by Gasteiger charge is -2.38. The van der Waals surface area contributed by atoms with Gasteiger partial charge in [-0.05, 0) is 25.7 Å². The second-order valence-corrected chi connectivity index (χ2v) is 4.74. The molecule has 0 saturated heterocycles. The first-order chi connectivity index (χ1) is 5.99. The smallest absolute Gasteiger partial charge is 0.228 e. The fourth-order valence-electron chi connectivity index (χ4n) is 1.57. The molecule has 1 aliphatic carbocycles. The first-order valence-corrected chi connectivity index (χ1v) is 5.26. The van der Waals surface area contributed by atoms with Gasteiger partial charge in [-0.1, -0.05) is 20.8 Å². The van der Waals surface area contributed by atoms with E-state index in [1.165, 1.54) is 19.3 Å². The van der Waals surface area contributed by atoms with E-state index in [9.17, 15) is 4.79 Å². The average Bonchev–Trinajstić information content (AvgIpc) is 1.99. The number of hydrogen-bond acceptors (Lipinski definition) is 1. The molecule has 0 heterocycles. The van der Waals surface area contributed by atoms with Crippen LogP contribution in [0.15, 0.2) is 0 Å². The number of amides is 1. The molecule has 0 aromatic rings. The van der Waals surface area contributed by atoms with Gasteiger partial charge < -0.3 is 4.90 Å². The monoisotopic (exact) mass is 183 g/mol. The zero-order valence-electron chi connectivity index (χ0n) is 9.26. The van der Waals surface area contributed by atoms with Crippen molar-refractivity contribution in [3.8, 4) is 0 Å². The molecule has 0 bridgehead atoms. The first-order valence-electron chi connectivity index (χ1n) is 5.26. The number of hydrogen-bond donors (Lipinski definition) is 0. The van der Waals surface area contributed by atoms with Crippen molar-refractivity contribution >= 4 is 5.91 Å². The zero-order chi connectivity index (χ0) is 10.1. The van der Waals surface area contributed by atoms with Crippen molar-refractivity contribution in [1.29, 1.82) is 0 Å². The van der Waals surface area contributed by atoms with Crippen molar-refractivity contribution in [2.45, 2.75) is 52.5 Å². The maximum absolute atomic E-state index is 12.0. The lowest BCUT2D eigenvalue weighted by Crippen LogP contribution is -2.46. The Hall–Kier alpha value is -0.530. The van der Waals surface area contributed by atoms with Crippen LogP contribution in [0.25, 0.3) is 0 Å². The molecule has 0 N–H and O–H groups in total. The minimum Gasteiger partial charge on any atom is -0.342 e. The molecule has 13 heavy (non-hydrogen) atoms. The van der Waals surface area contributed by atoms with Crippen LogP contribution < -0.4 is 0 Å². The quantitative estimate of drug-likeness (QED) is 0.658. The van der Waals surface area contributed by atoms with Crippen molar-refractivity contribution in [3.05, 3.63) is 0 Å². The maximum atomic E-state index is 12.0. The van der Waals surface area contributed by atoms with Crippen LogP contribution in [0.5, 0.6) is 0 Å². The summed E-state index contributed by atoms with van der Waals surface area (Å²) in [7, 11) is 1.95. The van der Waals surface area contributed by atoms with E-state index in [0.717, 1.165) is 6.42 Å². The van der Waals surface area contributed by atoms with Gasteiger partial charge in [0.05, 0.1) is 0 Å². The third-order valence-corrected chi connectivity index (χ3v) is 3.41. The summed E-state index contributed by atoms with van der Waals surface area (Å²) in [5.74, 6) is 0.305. The first kappa shape index (κ1) is 10.6. The largest absolute Gasteiger partial charge is 0.342 e. The van der Waals surface area contributed by atoms with Gasteiger partial charge in [0.1, 0.15) is 0 Å². The van der Waals surface area contributed by atoms with Crippen LogP contribution in [0.3, 0.4) is 0 Å². The predicted molar refractivity (Wildman–Crippen MR) is 54.5 cm³/mol. The van der Waals surface area contributed by atoms with Crippen molar-refractivity contribution in [2.75, 3.05) is 7.05 Å². The van der Waals surface area contributed by atoms with Crippen LogP contribution in [-0.2, 0) is 4.79 Å². The molecule has 0 spiro atoms. The van der Waals surface area contributed by atoms with E-state index in [1.54, 1.807) is 0 Å². The van der Waals surface area contributed by atoms with E-state index in [4.69, 9.17) is 0 Å². The van der Waals surface area contributed by atoms with Crippen molar-refractivity contribution in [2.24, 2.45) is 5.41 Å². The molecule has 0 radical (unpaired) electrons. The van der Waals surface area contributed by atoms with Crippen LogP contribution in [0.4, 0.5) is 0 Å². The van der Waals surface area contributed by atoms with Crippen molar-refractivity contribution in [1.82, 2.24) is 4.90 Å². The van der Waals surface area contributed by atoms with E-state index in [1.807, 2.05) is 25.8 Å². The van der Waals surface area contributed by atoms with Crippen molar-refractivity contribution < 1.29 is 4.79 Å². The molecular weight excluding hydrogens is 162 g/mol. The number of carbonyl (C=O) groups is 1. The van der Waals surface area contributed by atoms with E-state index in [-0.39, 0.29) is 5.41 Å². The molecule has 0 aromatic heterocycles. The van der Waals surface area contributed by atoms with E-state index < -0.39 is 0 Å².